The summed E-state index contributed by atoms with van der Waals surface area (Å²) in [5.74, 6) is 0.388. The zero-order valence-electron chi connectivity index (χ0n) is 12.4. The van der Waals surface area contributed by atoms with Gasteiger partial charge >= 0.3 is 0 Å². The van der Waals surface area contributed by atoms with Gasteiger partial charge in [0.25, 0.3) is 0 Å². The Balaban J connectivity index is 1.65. The molecule has 22 heavy (non-hydrogen) atoms. The summed E-state index contributed by atoms with van der Waals surface area (Å²) >= 11 is 0. The minimum atomic E-state index is -0.323. The van der Waals surface area contributed by atoms with E-state index >= 15 is 0 Å². The first-order chi connectivity index (χ1) is 10.6. The zero-order chi connectivity index (χ0) is 15.5. The summed E-state index contributed by atoms with van der Waals surface area (Å²) in [6.07, 6.45) is 1.70. The van der Waals surface area contributed by atoms with Crippen LogP contribution in [0.25, 0.3) is 0 Å². The number of aryl methyl sites for hydroxylation is 1. The number of aromatic amines is 1. The molecule has 5 nitrogen and oxygen atoms in total. The SMILES string of the molecule is Cc1cnc([C@@H]2CN(C(=O)Cc3cccc(F)c3)CCO2)[nH]1. The van der Waals surface area contributed by atoms with E-state index in [9.17, 15) is 9.18 Å². The molecule has 0 spiro atoms. The molecule has 0 aliphatic carbocycles. The number of carbonyl (C=O) groups is 1. The van der Waals surface area contributed by atoms with E-state index in [-0.39, 0.29) is 24.2 Å². The van der Waals surface area contributed by atoms with Gasteiger partial charge in [0.2, 0.25) is 5.91 Å². The van der Waals surface area contributed by atoms with Crippen LogP contribution in [0.3, 0.4) is 0 Å². The number of ether oxygens (including phenoxy) is 1. The number of nitrogens with one attached hydrogen (secondary N) is 1. The van der Waals surface area contributed by atoms with E-state index in [4.69, 9.17) is 4.74 Å². The molecule has 1 amide bonds. The molecule has 1 aromatic heterocycles. The standard InChI is InChI=1S/C16H18FN3O2/c1-11-9-18-16(19-11)14-10-20(5-6-22-14)15(21)8-12-3-2-4-13(17)7-12/h2-4,7,9,14H,5-6,8,10H2,1H3,(H,18,19)/t14-/m0/s1. The van der Waals surface area contributed by atoms with Gasteiger partial charge in [-0.15, -0.1) is 0 Å². The van der Waals surface area contributed by atoms with Gasteiger partial charge in [0.1, 0.15) is 17.7 Å². The van der Waals surface area contributed by atoms with Gasteiger partial charge in [-0.1, -0.05) is 12.1 Å². The van der Waals surface area contributed by atoms with Crippen LogP contribution in [0.2, 0.25) is 0 Å². The lowest BCUT2D eigenvalue weighted by Crippen LogP contribution is -2.43. The van der Waals surface area contributed by atoms with Crippen LogP contribution in [0.1, 0.15) is 23.2 Å². The van der Waals surface area contributed by atoms with E-state index in [2.05, 4.69) is 9.97 Å². The molecule has 1 saturated heterocycles. The van der Waals surface area contributed by atoms with E-state index in [1.165, 1.54) is 12.1 Å². The van der Waals surface area contributed by atoms with E-state index in [0.29, 0.717) is 25.3 Å². The number of nitrogens with zero attached hydrogens (tertiary/aromatic N) is 2. The van der Waals surface area contributed by atoms with Crippen molar-refractivity contribution in [1.82, 2.24) is 14.9 Å². The number of amides is 1. The number of halogens is 1. The predicted molar refractivity (Wildman–Crippen MR) is 78.7 cm³/mol. The third-order valence-electron chi connectivity index (χ3n) is 3.69. The first-order valence-electron chi connectivity index (χ1n) is 7.27. The van der Waals surface area contributed by atoms with Crippen molar-refractivity contribution in [2.45, 2.75) is 19.4 Å². The average Bonchev–Trinajstić information content (AvgIpc) is 2.94. The Morgan fingerprint density at radius 1 is 1.55 bits per heavy atom. The summed E-state index contributed by atoms with van der Waals surface area (Å²) in [4.78, 5) is 21.5. The van der Waals surface area contributed by atoms with E-state index in [1.807, 2.05) is 6.92 Å². The zero-order valence-corrected chi connectivity index (χ0v) is 12.4. The maximum atomic E-state index is 13.2. The van der Waals surface area contributed by atoms with Crippen LogP contribution < -0.4 is 0 Å². The van der Waals surface area contributed by atoms with Gasteiger partial charge in [-0.25, -0.2) is 9.37 Å². The van der Waals surface area contributed by atoms with Crippen LogP contribution in [0.15, 0.2) is 30.5 Å². The molecule has 1 atom stereocenters. The minimum Gasteiger partial charge on any atom is -0.367 e. The average molecular weight is 303 g/mol. The summed E-state index contributed by atoms with van der Waals surface area (Å²) in [5.41, 5.74) is 1.64. The second-order valence-corrected chi connectivity index (χ2v) is 5.46. The fraction of sp³-hybridized carbons (Fsp3) is 0.375. The fourth-order valence-electron chi connectivity index (χ4n) is 2.57. The molecule has 1 aliphatic rings. The van der Waals surface area contributed by atoms with Gasteiger partial charge in [0.15, 0.2) is 0 Å². The van der Waals surface area contributed by atoms with Crippen LogP contribution in [-0.2, 0) is 16.0 Å². The number of H-pyrrole nitrogens is 1. The van der Waals surface area contributed by atoms with Crippen LogP contribution >= 0.6 is 0 Å². The van der Waals surface area contributed by atoms with Crippen molar-refractivity contribution in [3.05, 3.63) is 53.4 Å². The number of aromatic nitrogens is 2. The molecule has 116 valence electrons. The van der Waals surface area contributed by atoms with Gasteiger partial charge in [0, 0.05) is 18.4 Å². The number of morpholine rings is 1. The van der Waals surface area contributed by atoms with Gasteiger partial charge in [-0.3, -0.25) is 4.79 Å². The Morgan fingerprint density at radius 2 is 2.41 bits per heavy atom. The predicted octanol–water partition coefficient (Wildman–Crippen LogP) is 2.00. The fourth-order valence-corrected chi connectivity index (χ4v) is 2.57. The van der Waals surface area contributed by atoms with Crippen LogP contribution in [0.4, 0.5) is 4.39 Å². The molecule has 6 heteroatoms. The van der Waals surface area contributed by atoms with Crippen molar-refractivity contribution < 1.29 is 13.9 Å². The topological polar surface area (TPSA) is 58.2 Å². The molecule has 1 N–H and O–H groups in total. The van der Waals surface area contributed by atoms with Crippen LogP contribution in [-0.4, -0.2) is 40.5 Å². The number of hydrogen-bond donors (Lipinski definition) is 1. The van der Waals surface area contributed by atoms with Gasteiger partial charge in [-0.2, -0.15) is 0 Å². The second kappa shape index (κ2) is 6.27. The van der Waals surface area contributed by atoms with E-state index in [1.54, 1.807) is 23.2 Å². The molecule has 2 heterocycles. The molecule has 3 rings (SSSR count). The lowest BCUT2D eigenvalue weighted by Gasteiger charge is -2.32. The number of imidazole rings is 1. The lowest BCUT2D eigenvalue weighted by molar-refractivity contribution is -0.138. The molecule has 1 aliphatic heterocycles. The Kier molecular flexibility index (Phi) is 4.20. The number of rotatable bonds is 3. The highest BCUT2D eigenvalue weighted by Crippen LogP contribution is 2.20. The van der Waals surface area contributed by atoms with E-state index < -0.39 is 0 Å². The molecule has 2 aromatic rings. The summed E-state index contributed by atoms with van der Waals surface area (Å²) in [6.45, 7) is 3.40. The van der Waals surface area contributed by atoms with Crippen molar-refractivity contribution in [2.24, 2.45) is 0 Å². The van der Waals surface area contributed by atoms with Crippen LogP contribution in [0, 0.1) is 12.7 Å². The number of hydrogen-bond acceptors (Lipinski definition) is 3. The Hall–Kier alpha value is -2.21. The third-order valence-corrected chi connectivity index (χ3v) is 3.69. The Morgan fingerprint density at radius 3 is 3.14 bits per heavy atom. The molecular formula is C16H18FN3O2. The summed E-state index contributed by atoms with van der Waals surface area (Å²) < 4.78 is 18.9. The molecule has 0 bridgehead atoms. The number of carbonyl (C=O) groups excluding carboxylic acids is 1. The van der Waals surface area contributed by atoms with Crippen molar-refractivity contribution >= 4 is 5.91 Å². The van der Waals surface area contributed by atoms with Crippen molar-refractivity contribution in [3.8, 4) is 0 Å². The Bertz CT molecular complexity index is 671. The highest BCUT2D eigenvalue weighted by Gasteiger charge is 2.27. The third kappa shape index (κ3) is 3.33. The molecule has 0 radical (unpaired) electrons. The molecule has 0 unspecified atom stereocenters. The monoisotopic (exact) mass is 303 g/mol. The van der Waals surface area contributed by atoms with Crippen molar-refractivity contribution in [2.75, 3.05) is 19.7 Å². The smallest absolute Gasteiger partial charge is 0.227 e. The minimum absolute atomic E-state index is 0.0258. The number of benzene rings is 1. The first-order valence-corrected chi connectivity index (χ1v) is 7.27. The highest BCUT2D eigenvalue weighted by atomic mass is 19.1. The quantitative estimate of drug-likeness (QED) is 0.943. The maximum Gasteiger partial charge on any atom is 0.227 e. The summed E-state index contributed by atoms with van der Waals surface area (Å²) in [6, 6.07) is 6.14. The molecule has 0 saturated carbocycles. The van der Waals surface area contributed by atoms with Crippen molar-refractivity contribution in [3.63, 3.8) is 0 Å². The van der Waals surface area contributed by atoms with Crippen LogP contribution in [0.5, 0.6) is 0 Å². The summed E-state index contributed by atoms with van der Waals surface area (Å²) in [5, 5.41) is 0. The first kappa shape index (κ1) is 14.7. The molecule has 1 aromatic carbocycles. The van der Waals surface area contributed by atoms with Gasteiger partial charge in [-0.05, 0) is 24.6 Å². The highest BCUT2D eigenvalue weighted by molar-refractivity contribution is 5.78. The normalized spacial score (nSPS) is 18.5. The van der Waals surface area contributed by atoms with Crippen molar-refractivity contribution in [1.29, 1.82) is 0 Å². The van der Waals surface area contributed by atoms with Gasteiger partial charge in [0.05, 0.1) is 19.6 Å². The second-order valence-electron chi connectivity index (χ2n) is 5.46. The Labute approximate surface area is 128 Å². The molecule has 1 fully saturated rings. The summed E-state index contributed by atoms with van der Waals surface area (Å²) in [7, 11) is 0. The van der Waals surface area contributed by atoms with E-state index in [0.717, 1.165) is 11.5 Å². The lowest BCUT2D eigenvalue weighted by atomic mass is 10.1. The van der Waals surface area contributed by atoms with Gasteiger partial charge < -0.3 is 14.6 Å². The largest absolute Gasteiger partial charge is 0.367 e. The molecular weight excluding hydrogens is 285 g/mol. The maximum absolute atomic E-state index is 13.2.